The lowest BCUT2D eigenvalue weighted by Gasteiger charge is -2.30. The zero-order chi connectivity index (χ0) is 15.5. The number of rotatable bonds is 5. The van der Waals surface area contributed by atoms with Gasteiger partial charge in [0.05, 0.1) is 0 Å². The van der Waals surface area contributed by atoms with Gasteiger partial charge in [-0.05, 0) is 38.0 Å². The lowest BCUT2D eigenvalue weighted by molar-refractivity contribution is 0.412. The molecule has 0 radical (unpaired) electrons. The van der Waals surface area contributed by atoms with Crippen molar-refractivity contribution in [3.8, 4) is 0 Å². The van der Waals surface area contributed by atoms with E-state index in [1.165, 1.54) is 12.8 Å². The molecule has 4 atom stereocenters. The van der Waals surface area contributed by atoms with Crippen LogP contribution < -0.4 is 10.6 Å². The van der Waals surface area contributed by atoms with E-state index >= 15 is 0 Å². The largest absolute Gasteiger partial charge is 0.354 e. The minimum atomic E-state index is -0.664. The van der Waals surface area contributed by atoms with Crippen molar-refractivity contribution in [3.63, 3.8) is 0 Å². The van der Waals surface area contributed by atoms with Crippen LogP contribution in [0.1, 0.15) is 59.8 Å². The van der Waals surface area contributed by atoms with Crippen LogP contribution in [-0.2, 0) is 10.8 Å². The molecular weight excluding hydrogens is 409 g/mol. The van der Waals surface area contributed by atoms with Gasteiger partial charge in [-0.1, -0.05) is 27.2 Å². The summed E-state index contributed by atoms with van der Waals surface area (Å²) < 4.78 is 12.0. The summed E-state index contributed by atoms with van der Waals surface area (Å²) in [7, 11) is -0.664. The van der Waals surface area contributed by atoms with Gasteiger partial charge in [-0.25, -0.2) is 0 Å². The molecule has 2 rings (SSSR count). The van der Waals surface area contributed by atoms with Crippen LogP contribution in [0.4, 0.5) is 0 Å². The number of hydrogen-bond acceptors (Lipinski definition) is 2. The quantitative estimate of drug-likeness (QED) is 0.392. The predicted octanol–water partition coefficient (Wildman–Crippen LogP) is 3.04. The summed E-state index contributed by atoms with van der Waals surface area (Å²) in [5.74, 6) is 1.72. The molecule has 2 aliphatic rings. The number of guanidine groups is 1. The normalized spacial score (nSPS) is 31.8. The first kappa shape index (κ1) is 20.2. The lowest BCUT2D eigenvalue weighted by Crippen LogP contribution is -2.48. The standard InChI is InChI=1S/C16H31N3OS.HI/c1-5-17-15(19-14-11-16(14,3)4)18-12-8-7-9-13(10-12)21(20)6-2;/h12-14H,5-11H2,1-4H3,(H2,17,18,19);1H. The zero-order valence-corrected chi connectivity index (χ0v) is 17.5. The van der Waals surface area contributed by atoms with Gasteiger partial charge in [0.25, 0.3) is 0 Å². The molecule has 2 aliphatic carbocycles. The molecule has 0 heterocycles. The fraction of sp³-hybridized carbons (Fsp3) is 0.938. The second-order valence-electron chi connectivity index (χ2n) is 7.01. The van der Waals surface area contributed by atoms with Gasteiger partial charge in [-0.15, -0.1) is 24.0 Å². The van der Waals surface area contributed by atoms with E-state index in [1.54, 1.807) is 0 Å². The summed E-state index contributed by atoms with van der Waals surface area (Å²) in [4.78, 5) is 4.57. The minimum Gasteiger partial charge on any atom is -0.354 e. The van der Waals surface area contributed by atoms with E-state index in [0.717, 1.165) is 37.5 Å². The maximum absolute atomic E-state index is 12.0. The van der Waals surface area contributed by atoms with Crippen molar-refractivity contribution < 1.29 is 4.21 Å². The average Bonchev–Trinajstić information content (AvgIpc) is 3.05. The fourth-order valence-electron chi connectivity index (χ4n) is 3.11. The molecule has 4 nitrogen and oxygen atoms in total. The summed E-state index contributed by atoms with van der Waals surface area (Å²) in [5.41, 5.74) is 0.398. The van der Waals surface area contributed by atoms with Crippen molar-refractivity contribution >= 4 is 40.7 Å². The molecule has 0 amide bonds. The Bertz CT molecular complexity index is 414. The Balaban J connectivity index is 0.00000242. The Labute approximate surface area is 155 Å². The number of nitrogens with one attached hydrogen (secondary N) is 2. The van der Waals surface area contributed by atoms with E-state index in [4.69, 9.17) is 0 Å². The molecule has 22 heavy (non-hydrogen) atoms. The average molecular weight is 441 g/mol. The molecule has 0 bridgehead atoms. The highest BCUT2D eigenvalue weighted by atomic mass is 127. The molecule has 0 aliphatic heterocycles. The number of halogens is 1. The van der Waals surface area contributed by atoms with E-state index < -0.39 is 10.8 Å². The second kappa shape index (κ2) is 8.85. The van der Waals surface area contributed by atoms with E-state index in [9.17, 15) is 4.21 Å². The minimum absolute atomic E-state index is 0. The predicted molar refractivity (Wildman–Crippen MR) is 107 cm³/mol. The zero-order valence-electron chi connectivity index (χ0n) is 14.4. The van der Waals surface area contributed by atoms with Crippen molar-refractivity contribution in [2.45, 2.75) is 77.1 Å². The lowest BCUT2D eigenvalue weighted by atomic mass is 9.95. The Hall–Kier alpha value is 0.150. The van der Waals surface area contributed by atoms with Gasteiger partial charge in [-0.3, -0.25) is 9.20 Å². The molecule has 0 aromatic heterocycles. The summed E-state index contributed by atoms with van der Waals surface area (Å²) in [6.45, 7) is 9.45. The maximum atomic E-state index is 12.0. The van der Waals surface area contributed by atoms with E-state index in [0.29, 0.717) is 22.7 Å². The van der Waals surface area contributed by atoms with Gasteiger partial charge in [0.15, 0.2) is 5.96 Å². The van der Waals surface area contributed by atoms with Crippen LogP contribution in [-0.4, -0.2) is 39.8 Å². The van der Waals surface area contributed by atoms with Crippen molar-refractivity contribution in [2.75, 3.05) is 12.3 Å². The van der Waals surface area contributed by atoms with Crippen molar-refractivity contribution in [2.24, 2.45) is 10.4 Å². The molecule has 2 N–H and O–H groups in total. The SMILES string of the molecule is CCN=C(NC1CCCC(S(=O)CC)C1)NC1CC1(C)C.I. The highest BCUT2D eigenvalue weighted by Crippen LogP contribution is 2.44. The van der Waals surface area contributed by atoms with Crippen LogP contribution in [0.15, 0.2) is 4.99 Å². The van der Waals surface area contributed by atoms with Crippen molar-refractivity contribution in [1.82, 2.24) is 10.6 Å². The van der Waals surface area contributed by atoms with Gasteiger partial charge >= 0.3 is 0 Å². The highest BCUT2D eigenvalue weighted by Gasteiger charge is 2.46. The molecule has 130 valence electrons. The molecule has 0 aromatic rings. The van der Waals surface area contributed by atoms with Crippen LogP contribution in [0.25, 0.3) is 0 Å². The summed E-state index contributed by atoms with van der Waals surface area (Å²) in [6, 6.07) is 0.957. The van der Waals surface area contributed by atoms with Crippen LogP contribution >= 0.6 is 24.0 Å². The van der Waals surface area contributed by atoms with Crippen LogP contribution in [0.3, 0.4) is 0 Å². The maximum Gasteiger partial charge on any atom is 0.191 e. The monoisotopic (exact) mass is 441 g/mol. The highest BCUT2D eigenvalue weighted by molar-refractivity contribution is 14.0. The van der Waals surface area contributed by atoms with E-state index in [1.807, 2.05) is 6.92 Å². The smallest absolute Gasteiger partial charge is 0.191 e. The molecular formula is C16H32IN3OS. The Morgan fingerprint density at radius 2 is 1.95 bits per heavy atom. The number of nitrogens with zero attached hydrogens (tertiary/aromatic N) is 1. The molecule has 2 saturated carbocycles. The first-order valence-corrected chi connectivity index (χ1v) is 9.79. The molecule has 0 spiro atoms. The van der Waals surface area contributed by atoms with E-state index in [2.05, 4.69) is 36.4 Å². The molecule has 6 heteroatoms. The third-order valence-corrected chi connectivity index (χ3v) is 6.50. The number of aliphatic imine (C=N–C) groups is 1. The topological polar surface area (TPSA) is 53.5 Å². The summed E-state index contributed by atoms with van der Waals surface area (Å²) in [5, 5.41) is 7.49. The van der Waals surface area contributed by atoms with Gasteiger partial charge in [-0.2, -0.15) is 0 Å². The third-order valence-electron chi connectivity index (χ3n) is 4.76. The van der Waals surface area contributed by atoms with Crippen LogP contribution in [0, 0.1) is 5.41 Å². The molecule has 4 unspecified atom stereocenters. The Morgan fingerprint density at radius 3 is 2.50 bits per heavy atom. The third kappa shape index (κ3) is 5.65. The van der Waals surface area contributed by atoms with Gasteiger partial charge in [0.2, 0.25) is 0 Å². The van der Waals surface area contributed by atoms with Crippen molar-refractivity contribution in [3.05, 3.63) is 0 Å². The first-order chi connectivity index (χ1) is 9.96. The Kier molecular flexibility index (Phi) is 8.12. The second-order valence-corrected chi connectivity index (χ2v) is 9.02. The van der Waals surface area contributed by atoms with Gasteiger partial charge < -0.3 is 10.6 Å². The van der Waals surface area contributed by atoms with Gasteiger partial charge in [0.1, 0.15) is 0 Å². The summed E-state index contributed by atoms with van der Waals surface area (Å²) in [6.07, 6.45) is 5.67. The van der Waals surface area contributed by atoms with E-state index in [-0.39, 0.29) is 24.0 Å². The molecule has 0 saturated heterocycles. The van der Waals surface area contributed by atoms with Gasteiger partial charge in [0, 0.05) is 40.4 Å². The van der Waals surface area contributed by atoms with Crippen molar-refractivity contribution in [1.29, 1.82) is 0 Å². The van der Waals surface area contributed by atoms with Crippen LogP contribution in [0.2, 0.25) is 0 Å². The Morgan fingerprint density at radius 1 is 1.27 bits per heavy atom. The number of hydrogen-bond donors (Lipinski definition) is 2. The molecule has 0 aromatic carbocycles. The molecule has 2 fully saturated rings. The fourth-order valence-corrected chi connectivity index (χ4v) is 4.46. The first-order valence-electron chi connectivity index (χ1n) is 8.41. The van der Waals surface area contributed by atoms with Crippen LogP contribution in [0.5, 0.6) is 0 Å². The summed E-state index contributed by atoms with van der Waals surface area (Å²) >= 11 is 0.